The van der Waals surface area contributed by atoms with Crippen LogP contribution in [-0.4, -0.2) is 107 Å². The fourth-order valence-corrected chi connectivity index (χ4v) is 5.50. The van der Waals surface area contributed by atoms with Gasteiger partial charge in [-0.15, -0.1) is 0 Å². The molecule has 11 nitrogen and oxygen atoms in total. The van der Waals surface area contributed by atoms with Gasteiger partial charge in [0, 0.05) is 50.3 Å². The molecular weight excluding hydrogens is 488 g/mol. The summed E-state index contributed by atoms with van der Waals surface area (Å²) in [5.41, 5.74) is 0. The van der Waals surface area contributed by atoms with Gasteiger partial charge >= 0.3 is 6.03 Å². The van der Waals surface area contributed by atoms with Gasteiger partial charge in [-0.3, -0.25) is 9.59 Å². The van der Waals surface area contributed by atoms with Crippen LogP contribution in [0.25, 0.3) is 0 Å². The van der Waals surface area contributed by atoms with E-state index in [1.165, 1.54) is 0 Å². The van der Waals surface area contributed by atoms with E-state index in [1.807, 2.05) is 18.7 Å². The van der Waals surface area contributed by atoms with E-state index < -0.39 is 0 Å². The molecule has 0 aromatic rings. The molecule has 0 aromatic carbocycles. The van der Waals surface area contributed by atoms with Crippen molar-refractivity contribution in [3.63, 3.8) is 0 Å². The van der Waals surface area contributed by atoms with Crippen LogP contribution in [0.3, 0.4) is 0 Å². The molecule has 2 aliphatic heterocycles. The molecule has 0 aliphatic carbocycles. The lowest BCUT2D eigenvalue weighted by Gasteiger charge is -2.16. The molecule has 208 valence electrons. The Morgan fingerprint density at radius 1 is 0.861 bits per heavy atom. The fourth-order valence-electron chi connectivity index (χ4n) is 3.95. The Balaban J connectivity index is 1.26. The summed E-state index contributed by atoms with van der Waals surface area (Å²) in [7, 11) is 0. The first-order valence-electron chi connectivity index (χ1n) is 13.1. The van der Waals surface area contributed by atoms with Crippen LogP contribution in [0, 0.1) is 0 Å². The van der Waals surface area contributed by atoms with Crippen LogP contribution in [0.15, 0.2) is 0 Å². The quantitative estimate of drug-likeness (QED) is 0.119. The van der Waals surface area contributed by atoms with Crippen LogP contribution in [0.5, 0.6) is 0 Å². The van der Waals surface area contributed by atoms with Crippen LogP contribution in [0.1, 0.15) is 45.4 Å². The third-order valence-electron chi connectivity index (χ3n) is 5.84. The van der Waals surface area contributed by atoms with Gasteiger partial charge in [-0.25, -0.2) is 4.79 Å². The van der Waals surface area contributed by atoms with Gasteiger partial charge in [-0.05, 0) is 32.6 Å². The highest BCUT2D eigenvalue weighted by Crippen LogP contribution is 2.33. The average molecular weight is 533 g/mol. The number of hydrogen-bond acceptors (Lipinski definition) is 8. The van der Waals surface area contributed by atoms with Crippen molar-refractivity contribution in [2.45, 2.75) is 62.8 Å². The van der Waals surface area contributed by atoms with Gasteiger partial charge < -0.3 is 40.2 Å². The molecule has 0 saturated carbocycles. The Hall–Kier alpha value is -1.60. The Bertz CT molecular complexity index is 644. The number of hydrogen-bond donors (Lipinski definition) is 4. The third-order valence-corrected chi connectivity index (χ3v) is 7.35. The van der Waals surface area contributed by atoms with Crippen molar-refractivity contribution < 1.29 is 33.3 Å². The van der Waals surface area contributed by atoms with Crippen molar-refractivity contribution in [3.05, 3.63) is 0 Å². The van der Waals surface area contributed by atoms with E-state index in [1.54, 1.807) is 0 Å². The number of fused-ring (bicyclic) bond motifs is 1. The van der Waals surface area contributed by atoms with Gasteiger partial charge in [0.2, 0.25) is 11.8 Å². The maximum absolute atomic E-state index is 12.0. The van der Waals surface area contributed by atoms with E-state index in [-0.39, 0.29) is 36.5 Å². The first kappa shape index (κ1) is 30.6. The lowest BCUT2D eigenvalue weighted by Crippen LogP contribution is -2.36. The zero-order valence-corrected chi connectivity index (χ0v) is 22.3. The van der Waals surface area contributed by atoms with Gasteiger partial charge in [-0.1, -0.05) is 6.42 Å². The highest BCUT2D eigenvalue weighted by molar-refractivity contribution is 8.00. The predicted molar refractivity (Wildman–Crippen MR) is 138 cm³/mol. The molecule has 2 fully saturated rings. The van der Waals surface area contributed by atoms with E-state index in [0.29, 0.717) is 71.0 Å². The van der Waals surface area contributed by atoms with Crippen molar-refractivity contribution >= 4 is 29.6 Å². The summed E-state index contributed by atoms with van der Waals surface area (Å²) in [6, 6.07) is 0.437. The number of unbranched alkanes of at least 4 members (excludes halogenated alkanes) is 1. The fraction of sp³-hybridized carbons (Fsp3) is 0.875. The number of nitrogens with one attached hydrogen (secondary N) is 4. The molecule has 4 amide bonds. The Morgan fingerprint density at radius 2 is 1.50 bits per heavy atom. The van der Waals surface area contributed by atoms with Crippen LogP contribution in [-0.2, 0) is 28.5 Å². The molecule has 2 rings (SSSR count). The second-order valence-electron chi connectivity index (χ2n) is 8.75. The molecule has 12 heteroatoms. The van der Waals surface area contributed by atoms with E-state index in [4.69, 9.17) is 18.9 Å². The molecule has 0 bridgehead atoms. The smallest absolute Gasteiger partial charge is 0.315 e. The molecule has 0 spiro atoms. The number of ether oxygens (including phenoxy) is 4. The standard InChI is InChI=1S/C24H44N4O7S/c1-2-32-17-22(30)26-10-6-12-34-14-16-35-15-13-33-11-5-9-25-21(29)8-4-3-7-20-23-19(18-36-20)27-24(31)28-23/h19-20,23H,2-18H2,1H3,(H,25,29)(H,26,30)(H2,27,28,31). The van der Waals surface area contributed by atoms with Crippen LogP contribution in [0.4, 0.5) is 4.79 Å². The van der Waals surface area contributed by atoms with Crippen molar-refractivity contribution in [1.29, 1.82) is 0 Å². The zero-order valence-electron chi connectivity index (χ0n) is 21.5. The molecule has 2 heterocycles. The molecular formula is C24H44N4O7S. The highest BCUT2D eigenvalue weighted by atomic mass is 32.2. The lowest BCUT2D eigenvalue weighted by atomic mass is 10.0. The maximum atomic E-state index is 12.0. The molecule has 36 heavy (non-hydrogen) atoms. The summed E-state index contributed by atoms with van der Waals surface area (Å²) in [5, 5.41) is 12.1. The third kappa shape index (κ3) is 13.6. The number of urea groups is 1. The Kier molecular flexibility index (Phi) is 16.6. The van der Waals surface area contributed by atoms with E-state index in [9.17, 15) is 14.4 Å². The second-order valence-corrected chi connectivity index (χ2v) is 10.0. The van der Waals surface area contributed by atoms with Gasteiger partial charge in [0.25, 0.3) is 0 Å². The summed E-state index contributed by atoms with van der Waals surface area (Å²) in [6.45, 7) is 6.84. The molecule has 3 unspecified atom stereocenters. The molecule has 2 aliphatic rings. The maximum Gasteiger partial charge on any atom is 0.315 e. The minimum Gasteiger partial charge on any atom is -0.379 e. The lowest BCUT2D eigenvalue weighted by molar-refractivity contribution is -0.125. The minimum atomic E-state index is -0.106. The largest absolute Gasteiger partial charge is 0.379 e. The van der Waals surface area contributed by atoms with Crippen molar-refractivity contribution in [3.8, 4) is 0 Å². The van der Waals surface area contributed by atoms with Gasteiger partial charge in [0.05, 0.1) is 38.5 Å². The number of carbonyl (C=O) groups excluding carboxylic acids is 3. The van der Waals surface area contributed by atoms with E-state index in [2.05, 4.69) is 21.3 Å². The average Bonchev–Trinajstić information content (AvgIpc) is 3.42. The SMILES string of the molecule is CCOCC(=O)NCCCOCCOCCOCCCNC(=O)CCCCC1SCC2NC(=O)NC21. The normalized spacial score (nSPS) is 20.6. The molecule has 4 N–H and O–H groups in total. The summed E-state index contributed by atoms with van der Waals surface area (Å²) >= 11 is 1.91. The van der Waals surface area contributed by atoms with Gasteiger partial charge in [0.15, 0.2) is 0 Å². The zero-order chi connectivity index (χ0) is 25.8. The highest BCUT2D eigenvalue weighted by Gasteiger charge is 2.42. The van der Waals surface area contributed by atoms with Crippen molar-refractivity contribution in [2.24, 2.45) is 0 Å². The number of carbonyl (C=O) groups is 3. The van der Waals surface area contributed by atoms with E-state index >= 15 is 0 Å². The van der Waals surface area contributed by atoms with Gasteiger partial charge in [0.1, 0.15) is 6.61 Å². The Morgan fingerprint density at radius 3 is 2.17 bits per heavy atom. The molecule has 2 saturated heterocycles. The molecule has 3 atom stereocenters. The first-order valence-corrected chi connectivity index (χ1v) is 14.2. The number of amides is 4. The first-order chi connectivity index (χ1) is 17.6. The van der Waals surface area contributed by atoms with Gasteiger partial charge in [-0.2, -0.15) is 11.8 Å². The van der Waals surface area contributed by atoms with Crippen LogP contribution >= 0.6 is 11.8 Å². The van der Waals surface area contributed by atoms with Crippen molar-refractivity contribution in [1.82, 2.24) is 21.3 Å². The molecule has 0 aromatic heterocycles. The monoisotopic (exact) mass is 532 g/mol. The number of thioether (sulfide) groups is 1. The van der Waals surface area contributed by atoms with Crippen molar-refractivity contribution in [2.75, 3.05) is 71.7 Å². The molecule has 0 radical (unpaired) electrons. The summed E-state index contributed by atoms with van der Waals surface area (Å²) in [5.74, 6) is 0.945. The number of rotatable bonds is 22. The van der Waals surface area contributed by atoms with E-state index in [0.717, 1.165) is 37.9 Å². The summed E-state index contributed by atoms with van der Waals surface area (Å²) in [4.78, 5) is 34.7. The summed E-state index contributed by atoms with van der Waals surface area (Å²) < 4.78 is 21.4. The minimum absolute atomic E-state index is 0.0542. The van der Waals surface area contributed by atoms with Crippen LogP contribution in [0.2, 0.25) is 0 Å². The second kappa shape index (κ2) is 19.5. The Labute approximate surface area is 218 Å². The topological polar surface area (TPSA) is 136 Å². The van der Waals surface area contributed by atoms with Crippen LogP contribution < -0.4 is 21.3 Å². The summed E-state index contributed by atoms with van der Waals surface area (Å²) in [6.07, 6.45) is 4.94. The predicted octanol–water partition coefficient (Wildman–Crippen LogP) is 0.811.